The van der Waals surface area contributed by atoms with Gasteiger partial charge in [-0.05, 0) is 68.7 Å². The van der Waals surface area contributed by atoms with Crippen LogP contribution in [-0.2, 0) is 9.59 Å². The first-order valence-corrected chi connectivity index (χ1v) is 11.5. The molecule has 2 N–H and O–H groups in total. The predicted octanol–water partition coefficient (Wildman–Crippen LogP) is 5.61. The van der Waals surface area contributed by atoms with Crippen LogP contribution in [0.3, 0.4) is 0 Å². The van der Waals surface area contributed by atoms with E-state index in [1.165, 1.54) is 18.7 Å². The molecule has 1 atom stereocenters. The molecule has 0 aromatic heterocycles. The number of carbonyl (C=O) groups is 2. The van der Waals surface area contributed by atoms with Crippen molar-refractivity contribution in [3.05, 3.63) is 86.0 Å². The van der Waals surface area contributed by atoms with E-state index in [1.54, 1.807) is 12.1 Å². The van der Waals surface area contributed by atoms with Crippen molar-refractivity contribution in [2.45, 2.75) is 33.6 Å². The number of dihydropyridines is 1. The lowest BCUT2D eigenvalue weighted by atomic mass is 9.81. The van der Waals surface area contributed by atoms with Gasteiger partial charge in [-0.2, -0.15) is 5.26 Å². The zero-order valence-electron chi connectivity index (χ0n) is 18.4. The molecule has 0 aliphatic carbocycles. The quantitative estimate of drug-likeness (QED) is 0.579. The van der Waals surface area contributed by atoms with Crippen LogP contribution in [0, 0.1) is 25.2 Å². The fourth-order valence-electron chi connectivity index (χ4n) is 3.86. The molecule has 0 fully saturated rings. The third-order valence-electron chi connectivity index (χ3n) is 5.08. The number of Topliss-reactive ketones (excluding diaryl/α,β-unsaturated/α-hetero) is 1. The van der Waals surface area contributed by atoms with Gasteiger partial charge in [-0.25, -0.2) is 0 Å². The second-order valence-electron chi connectivity index (χ2n) is 7.77. The lowest BCUT2D eigenvalue weighted by Crippen LogP contribution is -2.27. The van der Waals surface area contributed by atoms with Crippen LogP contribution in [0.15, 0.2) is 64.3 Å². The number of halogens is 1. The van der Waals surface area contributed by atoms with Crippen molar-refractivity contribution in [1.29, 1.82) is 5.26 Å². The van der Waals surface area contributed by atoms with Gasteiger partial charge < -0.3 is 10.6 Å². The SMILES string of the molecule is CC(=O)C1=C(C)NC(SCC(=O)Nc2cc(C)cc(C)c2)=C(C#N)C1c1ccc(Cl)cc1. The fourth-order valence-corrected chi connectivity index (χ4v) is 4.88. The van der Waals surface area contributed by atoms with E-state index >= 15 is 0 Å². The summed E-state index contributed by atoms with van der Waals surface area (Å²) in [5.41, 5.74) is 5.30. The van der Waals surface area contributed by atoms with Crippen LogP contribution in [0.4, 0.5) is 5.69 Å². The van der Waals surface area contributed by atoms with Gasteiger partial charge in [0.1, 0.15) is 0 Å². The average molecular weight is 466 g/mol. The Hall–Kier alpha value is -3.01. The molecule has 0 bridgehead atoms. The summed E-state index contributed by atoms with van der Waals surface area (Å²) in [6.45, 7) is 7.26. The van der Waals surface area contributed by atoms with E-state index in [-0.39, 0.29) is 17.4 Å². The number of carbonyl (C=O) groups excluding carboxylic acids is 2. The molecule has 1 heterocycles. The summed E-state index contributed by atoms with van der Waals surface area (Å²) in [5.74, 6) is -0.676. The number of nitrogens with zero attached hydrogens (tertiary/aromatic N) is 1. The molecule has 1 aliphatic rings. The van der Waals surface area contributed by atoms with Crippen LogP contribution in [0.2, 0.25) is 5.02 Å². The summed E-state index contributed by atoms with van der Waals surface area (Å²) in [4.78, 5) is 25.0. The molecule has 2 aromatic rings. The van der Waals surface area contributed by atoms with Crippen molar-refractivity contribution in [1.82, 2.24) is 5.32 Å². The molecule has 32 heavy (non-hydrogen) atoms. The molecule has 3 rings (SSSR count). The number of anilines is 1. The molecule has 0 radical (unpaired) electrons. The van der Waals surface area contributed by atoms with Gasteiger partial charge in [0.25, 0.3) is 0 Å². The molecular formula is C25H24ClN3O2S. The van der Waals surface area contributed by atoms with Crippen molar-refractivity contribution < 1.29 is 9.59 Å². The highest BCUT2D eigenvalue weighted by Gasteiger charge is 2.33. The minimum Gasteiger partial charge on any atom is -0.353 e. The Bertz CT molecular complexity index is 1160. The number of rotatable bonds is 6. The molecule has 7 heteroatoms. The van der Waals surface area contributed by atoms with E-state index < -0.39 is 5.92 Å². The van der Waals surface area contributed by atoms with Gasteiger partial charge in [-0.3, -0.25) is 9.59 Å². The summed E-state index contributed by atoms with van der Waals surface area (Å²) in [5, 5.41) is 17.2. The van der Waals surface area contributed by atoms with Gasteiger partial charge >= 0.3 is 0 Å². The maximum Gasteiger partial charge on any atom is 0.234 e. The van der Waals surface area contributed by atoms with Crippen LogP contribution >= 0.6 is 23.4 Å². The zero-order chi connectivity index (χ0) is 23.4. The molecule has 1 unspecified atom stereocenters. The summed E-state index contributed by atoms with van der Waals surface area (Å²) in [6.07, 6.45) is 0. The van der Waals surface area contributed by atoms with Crippen molar-refractivity contribution in [3.63, 3.8) is 0 Å². The Morgan fingerprint density at radius 3 is 2.31 bits per heavy atom. The van der Waals surface area contributed by atoms with E-state index in [0.29, 0.717) is 26.9 Å². The van der Waals surface area contributed by atoms with E-state index in [1.807, 2.05) is 51.1 Å². The van der Waals surface area contributed by atoms with Crippen molar-refractivity contribution >= 4 is 40.7 Å². The van der Waals surface area contributed by atoms with Crippen LogP contribution in [0.1, 0.15) is 36.5 Å². The standard InChI is InChI=1S/C25H24ClN3O2S/c1-14-9-15(2)11-20(10-14)29-22(31)13-32-25-21(12-27)24(18-5-7-19(26)8-6-18)23(17(4)30)16(3)28-25/h5-11,24,28H,13H2,1-4H3,(H,29,31). The predicted molar refractivity (Wildman–Crippen MR) is 130 cm³/mol. The molecule has 164 valence electrons. The zero-order valence-corrected chi connectivity index (χ0v) is 19.9. The second kappa shape index (κ2) is 10.1. The third-order valence-corrected chi connectivity index (χ3v) is 6.35. The molecular weight excluding hydrogens is 442 g/mol. The summed E-state index contributed by atoms with van der Waals surface area (Å²) < 4.78 is 0. The van der Waals surface area contributed by atoms with Crippen molar-refractivity contribution in [3.8, 4) is 6.07 Å². The monoisotopic (exact) mass is 465 g/mol. The smallest absolute Gasteiger partial charge is 0.234 e. The first-order valence-electron chi connectivity index (χ1n) is 10.1. The molecule has 1 amide bonds. The first-order chi connectivity index (χ1) is 15.2. The number of hydrogen-bond donors (Lipinski definition) is 2. The van der Waals surface area contributed by atoms with Crippen molar-refractivity contribution in [2.24, 2.45) is 0 Å². The number of thioether (sulfide) groups is 1. The number of amides is 1. The topological polar surface area (TPSA) is 82.0 Å². The van der Waals surface area contributed by atoms with Gasteiger partial charge in [0.05, 0.1) is 28.3 Å². The summed E-state index contributed by atoms with van der Waals surface area (Å²) in [6, 6.07) is 15.2. The molecule has 0 saturated carbocycles. The number of ketones is 1. The number of nitrogens with one attached hydrogen (secondary N) is 2. The lowest BCUT2D eigenvalue weighted by molar-refractivity contribution is -0.114. The number of hydrogen-bond acceptors (Lipinski definition) is 5. The fraction of sp³-hybridized carbons (Fsp3) is 0.240. The lowest BCUT2D eigenvalue weighted by Gasteiger charge is -2.29. The Labute approximate surface area is 197 Å². The largest absolute Gasteiger partial charge is 0.353 e. The number of nitriles is 1. The van der Waals surface area contributed by atoms with Gasteiger partial charge in [0.2, 0.25) is 5.91 Å². The van der Waals surface area contributed by atoms with Crippen LogP contribution in [-0.4, -0.2) is 17.4 Å². The van der Waals surface area contributed by atoms with Gasteiger partial charge in [-0.15, -0.1) is 0 Å². The molecule has 0 spiro atoms. The Kier molecular flexibility index (Phi) is 7.44. The Morgan fingerprint density at radius 2 is 1.75 bits per heavy atom. The van der Waals surface area contributed by atoms with E-state index in [9.17, 15) is 14.9 Å². The minimum absolute atomic E-state index is 0.112. The van der Waals surface area contributed by atoms with Gasteiger partial charge in [0.15, 0.2) is 5.78 Å². The maximum atomic E-state index is 12.6. The van der Waals surface area contributed by atoms with E-state index in [0.717, 1.165) is 22.4 Å². The van der Waals surface area contributed by atoms with Crippen LogP contribution < -0.4 is 10.6 Å². The van der Waals surface area contributed by atoms with Crippen molar-refractivity contribution in [2.75, 3.05) is 11.1 Å². The second-order valence-corrected chi connectivity index (χ2v) is 9.19. The van der Waals surface area contributed by atoms with E-state index in [4.69, 9.17) is 11.6 Å². The molecule has 5 nitrogen and oxygen atoms in total. The Morgan fingerprint density at radius 1 is 1.12 bits per heavy atom. The highest BCUT2D eigenvalue weighted by atomic mass is 35.5. The highest BCUT2D eigenvalue weighted by Crippen LogP contribution is 2.41. The molecule has 1 aliphatic heterocycles. The van der Waals surface area contributed by atoms with Crippen LogP contribution in [0.25, 0.3) is 0 Å². The summed E-state index contributed by atoms with van der Waals surface area (Å²) in [7, 11) is 0. The molecule has 0 saturated heterocycles. The normalized spacial score (nSPS) is 15.8. The average Bonchev–Trinajstić information content (AvgIpc) is 2.71. The maximum absolute atomic E-state index is 12.6. The minimum atomic E-state index is -0.513. The van der Waals surface area contributed by atoms with E-state index in [2.05, 4.69) is 16.7 Å². The van der Waals surface area contributed by atoms with Gasteiger partial charge in [-0.1, -0.05) is 41.6 Å². The van der Waals surface area contributed by atoms with Gasteiger partial charge in [0, 0.05) is 22.0 Å². The Balaban J connectivity index is 1.86. The number of allylic oxidation sites excluding steroid dienone is 3. The number of benzene rings is 2. The first kappa shape index (κ1) is 23.6. The van der Waals surface area contributed by atoms with Crippen LogP contribution in [0.5, 0.6) is 0 Å². The summed E-state index contributed by atoms with van der Waals surface area (Å²) >= 11 is 7.28. The highest BCUT2D eigenvalue weighted by molar-refractivity contribution is 8.03. The number of aryl methyl sites for hydroxylation is 2. The third kappa shape index (κ3) is 5.42. The molecule has 2 aromatic carbocycles.